The van der Waals surface area contributed by atoms with E-state index in [1.165, 1.54) is 0 Å². The second-order valence-electron chi connectivity index (χ2n) is 4.55. The standard InChI is InChI=1S/C16H12BrNO2/c1-20-12-5-2-10(3-6-12)15-9-16(19)13-8-11(17)4-7-14(13)18-15/h2-8H,9H2,1H3. The number of methoxy groups -OCH3 is 1. The van der Waals surface area contributed by atoms with E-state index < -0.39 is 0 Å². The second-order valence-corrected chi connectivity index (χ2v) is 5.46. The van der Waals surface area contributed by atoms with E-state index in [0.717, 1.165) is 27.2 Å². The predicted molar refractivity (Wildman–Crippen MR) is 82.3 cm³/mol. The number of benzene rings is 2. The summed E-state index contributed by atoms with van der Waals surface area (Å²) in [7, 11) is 1.63. The minimum absolute atomic E-state index is 0.0992. The van der Waals surface area contributed by atoms with E-state index in [0.29, 0.717) is 12.0 Å². The van der Waals surface area contributed by atoms with Crippen LogP contribution in [0.2, 0.25) is 0 Å². The number of hydrogen-bond acceptors (Lipinski definition) is 3. The highest BCUT2D eigenvalue weighted by molar-refractivity contribution is 9.10. The molecule has 4 heteroatoms. The fourth-order valence-corrected chi connectivity index (χ4v) is 2.57. The third-order valence-corrected chi connectivity index (χ3v) is 3.76. The van der Waals surface area contributed by atoms with Gasteiger partial charge in [0.2, 0.25) is 0 Å². The maximum atomic E-state index is 12.2. The van der Waals surface area contributed by atoms with Crippen molar-refractivity contribution in [3.05, 3.63) is 58.1 Å². The Labute approximate surface area is 125 Å². The highest BCUT2D eigenvalue weighted by Gasteiger charge is 2.21. The highest BCUT2D eigenvalue weighted by Crippen LogP contribution is 2.30. The molecule has 0 bridgehead atoms. The summed E-state index contributed by atoms with van der Waals surface area (Å²) in [5.41, 5.74) is 3.16. The lowest BCUT2D eigenvalue weighted by atomic mass is 9.96. The molecule has 0 fully saturated rings. The average Bonchev–Trinajstić information content (AvgIpc) is 2.48. The Hall–Kier alpha value is -1.94. The Morgan fingerprint density at radius 1 is 1.15 bits per heavy atom. The van der Waals surface area contributed by atoms with E-state index in [2.05, 4.69) is 20.9 Å². The van der Waals surface area contributed by atoms with Gasteiger partial charge in [-0.15, -0.1) is 0 Å². The quantitative estimate of drug-likeness (QED) is 0.829. The summed E-state index contributed by atoms with van der Waals surface area (Å²) in [5.74, 6) is 0.892. The lowest BCUT2D eigenvalue weighted by molar-refractivity contribution is 0.1000. The van der Waals surface area contributed by atoms with Gasteiger partial charge in [-0.1, -0.05) is 15.9 Å². The second kappa shape index (κ2) is 5.21. The number of hydrogen-bond donors (Lipinski definition) is 0. The van der Waals surface area contributed by atoms with E-state index in [-0.39, 0.29) is 5.78 Å². The first-order chi connectivity index (χ1) is 9.67. The summed E-state index contributed by atoms with van der Waals surface area (Å²) >= 11 is 3.38. The number of halogens is 1. The van der Waals surface area contributed by atoms with Crippen LogP contribution >= 0.6 is 15.9 Å². The van der Waals surface area contributed by atoms with Crippen molar-refractivity contribution in [2.75, 3.05) is 7.11 Å². The first kappa shape index (κ1) is 13.1. The van der Waals surface area contributed by atoms with Crippen LogP contribution < -0.4 is 4.74 Å². The molecule has 2 aromatic rings. The Kier molecular flexibility index (Phi) is 3.40. The van der Waals surface area contributed by atoms with Crippen molar-refractivity contribution in [3.8, 4) is 5.75 Å². The van der Waals surface area contributed by atoms with Gasteiger partial charge in [-0.2, -0.15) is 0 Å². The molecule has 1 aliphatic rings. The fraction of sp³-hybridized carbons (Fsp3) is 0.125. The molecule has 0 unspecified atom stereocenters. The molecule has 1 aliphatic heterocycles. The number of Topliss-reactive ketones (excluding diaryl/α,β-unsaturated/α-hetero) is 1. The highest BCUT2D eigenvalue weighted by atomic mass is 79.9. The molecule has 100 valence electrons. The van der Waals surface area contributed by atoms with E-state index >= 15 is 0 Å². The smallest absolute Gasteiger partial charge is 0.171 e. The van der Waals surface area contributed by atoms with Gasteiger partial charge in [0, 0.05) is 10.0 Å². The third kappa shape index (κ3) is 2.39. The summed E-state index contributed by atoms with van der Waals surface area (Å²) in [5, 5.41) is 0. The molecule has 3 nitrogen and oxygen atoms in total. The van der Waals surface area contributed by atoms with E-state index in [4.69, 9.17) is 4.74 Å². The fourth-order valence-electron chi connectivity index (χ4n) is 2.21. The molecule has 0 saturated carbocycles. The zero-order valence-corrected chi connectivity index (χ0v) is 12.5. The number of ether oxygens (including phenoxy) is 1. The summed E-state index contributed by atoms with van der Waals surface area (Å²) in [6, 6.07) is 13.2. The molecule has 2 aromatic carbocycles. The van der Waals surface area contributed by atoms with E-state index in [1.807, 2.05) is 42.5 Å². The number of carbonyl (C=O) groups excluding carboxylic acids is 1. The van der Waals surface area contributed by atoms with Crippen molar-refractivity contribution in [2.45, 2.75) is 6.42 Å². The lowest BCUT2D eigenvalue weighted by Crippen LogP contribution is -2.14. The summed E-state index contributed by atoms with van der Waals surface area (Å²) in [6.07, 6.45) is 0.329. The van der Waals surface area contributed by atoms with Crippen molar-refractivity contribution >= 4 is 33.1 Å². The number of aliphatic imine (C=N–C) groups is 1. The Morgan fingerprint density at radius 3 is 2.60 bits per heavy atom. The van der Waals surface area contributed by atoms with Crippen LogP contribution in [0, 0.1) is 0 Å². The van der Waals surface area contributed by atoms with Gasteiger partial charge in [-0.05, 0) is 48.0 Å². The molecule has 0 N–H and O–H groups in total. The Bertz CT molecular complexity index is 705. The maximum absolute atomic E-state index is 12.2. The van der Waals surface area contributed by atoms with Crippen molar-refractivity contribution in [2.24, 2.45) is 4.99 Å². The van der Waals surface area contributed by atoms with E-state index in [1.54, 1.807) is 7.11 Å². The monoisotopic (exact) mass is 329 g/mol. The minimum Gasteiger partial charge on any atom is -0.497 e. The van der Waals surface area contributed by atoms with Crippen LogP contribution in [0.3, 0.4) is 0 Å². The number of fused-ring (bicyclic) bond motifs is 1. The van der Waals surface area contributed by atoms with Crippen LogP contribution in [0.15, 0.2) is 51.9 Å². The first-order valence-electron chi connectivity index (χ1n) is 6.22. The van der Waals surface area contributed by atoms with Gasteiger partial charge in [0.05, 0.1) is 24.9 Å². The zero-order valence-electron chi connectivity index (χ0n) is 10.9. The van der Waals surface area contributed by atoms with Crippen molar-refractivity contribution < 1.29 is 9.53 Å². The molecule has 1 heterocycles. The largest absolute Gasteiger partial charge is 0.497 e. The molecular weight excluding hydrogens is 318 g/mol. The van der Waals surface area contributed by atoms with Crippen LogP contribution in [0.1, 0.15) is 22.3 Å². The van der Waals surface area contributed by atoms with Crippen molar-refractivity contribution in [1.82, 2.24) is 0 Å². The summed E-state index contributed by atoms with van der Waals surface area (Å²) in [6.45, 7) is 0. The Morgan fingerprint density at radius 2 is 1.90 bits per heavy atom. The third-order valence-electron chi connectivity index (χ3n) is 3.27. The molecule has 0 aromatic heterocycles. The molecule has 3 rings (SSSR count). The maximum Gasteiger partial charge on any atom is 0.171 e. The van der Waals surface area contributed by atoms with Crippen LogP contribution in [0.25, 0.3) is 0 Å². The van der Waals surface area contributed by atoms with Gasteiger partial charge in [0.25, 0.3) is 0 Å². The van der Waals surface area contributed by atoms with Gasteiger partial charge < -0.3 is 4.74 Å². The molecule has 0 radical (unpaired) electrons. The molecule has 0 spiro atoms. The average molecular weight is 330 g/mol. The Balaban J connectivity index is 2.03. The summed E-state index contributed by atoms with van der Waals surface area (Å²) < 4.78 is 6.03. The number of carbonyl (C=O) groups is 1. The molecular formula is C16H12BrNO2. The van der Waals surface area contributed by atoms with Gasteiger partial charge in [0.1, 0.15) is 5.75 Å². The minimum atomic E-state index is 0.0992. The molecule has 0 saturated heterocycles. The van der Waals surface area contributed by atoms with Crippen LogP contribution in [0.5, 0.6) is 5.75 Å². The topological polar surface area (TPSA) is 38.7 Å². The molecule has 0 atom stereocenters. The van der Waals surface area contributed by atoms with Gasteiger partial charge in [-0.3, -0.25) is 9.79 Å². The van der Waals surface area contributed by atoms with Crippen LogP contribution in [-0.2, 0) is 0 Å². The van der Waals surface area contributed by atoms with Crippen molar-refractivity contribution in [1.29, 1.82) is 0 Å². The van der Waals surface area contributed by atoms with Crippen molar-refractivity contribution in [3.63, 3.8) is 0 Å². The number of ketones is 1. The van der Waals surface area contributed by atoms with E-state index in [9.17, 15) is 4.79 Å². The molecule has 20 heavy (non-hydrogen) atoms. The van der Waals surface area contributed by atoms with Gasteiger partial charge >= 0.3 is 0 Å². The van der Waals surface area contributed by atoms with Gasteiger partial charge in [0.15, 0.2) is 5.78 Å². The number of rotatable bonds is 2. The summed E-state index contributed by atoms with van der Waals surface area (Å²) in [4.78, 5) is 16.8. The van der Waals surface area contributed by atoms with Crippen LogP contribution in [-0.4, -0.2) is 18.6 Å². The normalized spacial score (nSPS) is 13.7. The lowest BCUT2D eigenvalue weighted by Gasteiger charge is -2.15. The van der Waals surface area contributed by atoms with Crippen LogP contribution in [0.4, 0.5) is 5.69 Å². The predicted octanol–water partition coefficient (Wildman–Crippen LogP) is 4.16. The number of nitrogens with zero attached hydrogens (tertiary/aromatic N) is 1. The SMILES string of the molecule is COc1ccc(C2=Nc3ccc(Br)cc3C(=O)C2)cc1. The molecule has 0 aliphatic carbocycles. The molecule has 0 amide bonds. The van der Waals surface area contributed by atoms with Gasteiger partial charge in [-0.25, -0.2) is 0 Å². The zero-order chi connectivity index (χ0) is 14.1. The first-order valence-corrected chi connectivity index (χ1v) is 7.01.